The van der Waals surface area contributed by atoms with Crippen molar-refractivity contribution in [3.8, 4) is 22.5 Å². The number of benzene rings is 2. The van der Waals surface area contributed by atoms with Gasteiger partial charge in [-0.1, -0.05) is 42.1 Å². The van der Waals surface area contributed by atoms with Crippen LogP contribution in [0.5, 0.6) is 0 Å². The molecule has 2 aromatic heterocycles. The van der Waals surface area contributed by atoms with Gasteiger partial charge in [0.15, 0.2) is 5.16 Å². The van der Waals surface area contributed by atoms with Crippen molar-refractivity contribution in [2.24, 2.45) is 0 Å². The summed E-state index contributed by atoms with van der Waals surface area (Å²) in [5.74, 6) is 0.674. The third-order valence-corrected chi connectivity index (χ3v) is 5.12. The van der Waals surface area contributed by atoms with E-state index in [0.29, 0.717) is 0 Å². The first kappa shape index (κ1) is 17.5. The van der Waals surface area contributed by atoms with Crippen molar-refractivity contribution in [3.63, 3.8) is 0 Å². The summed E-state index contributed by atoms with van der Waals surface area (Å²) in [7, 11) is 0. The highest BCUT2D eigenvalue weighted by Crippen LogP contribution is 2.32. The van der Waals surface area contributed by atoms with Gasteiger partial charge in [0.05, 0.1) is 11.4 Å². The maximum Gasteiger partial charge on any atom is 0.166 e. The number of nitrogens with zero attached hydrogens (tertiary/aromatic N) is 2. The summed E-state index contributed by atoms with van der Waals surface area (Å²) in [4.78, 5) is 12.3. The number of pyridine rings is 1. The molecule has 27 heavy (non-hydrogen) atoms. The minimum Gasteiger partial charge on any atom is -0.332 e. The number of rotatable bonds is 6. The zero-order valence-electron chi connectivity index (χ0n) is 14.6. The first-order chi connectivity index (χ1) is 13.3. The molecular weight excluding hydrogens is 357 g/mol. The van der Waals surface area contributed by atoms with Crippen LogP contribution >= 0.6 is 11.8 Å². The Balaban J connectivity index is 1.60. The molecule has 4 aromatic rings. The summed E-state index contributed by atoms with van der Waals surface area (Å²) in [5, 5.41) is 0.858. The van der Waals surface area contributed by atoms with E-state index in [2.05, 4.69) is 34.2 Å². The molecule has 134 valence electrons. The minimum atomic E-state index is -0.253. The van der Waals surface area contributed by atoms with Gasteiger partial charge in [-0.25, -0.2) is 9.37 Å². The molecule has 2 heterocycles. The Labute approximate surface area is 161 Å². The van der Waals surface area contributed by atoms with Gasteiger partial charge in [0.1, 0.15) is 5.82 Å². The molecular formula is C22H18FN3S. The number of hydrogen-bond donors (Lipinski definition) is 1. The van der Waals surface area contributed by atoms with Gasteiger partial charge in [-0.2, -0.15) is 0 Å². The molecule has 0 atom stereocenters. The van der Waals surface area contributed by atoms with E-state index in [9.17, 15) is 4.39 Å². The van der Waals surface area contributed by atoms with Gasteiger partial charge in [-0.15, -0.1) is 0 Å². The maximum atomic E-state index is 13.3. The molecule has 0 saturated heterocycles. The zero-order valence-corrected chi connectivity index (χ0v) is 15.4. The van der Waals surface area contributed by atoms with E-state index in [1.165, 1.54) is 17.7 Å². The second kappa shape index (κ2) is 8.18. The number of nitrogens with one attached hydrogen (secondary N) is 1. The van der Waals surface area contributed by atoms with Gasteiger partial charge in [0.2, 0.25) is 0 Å². The van der Waals surface area contributed by atoms with E-state index in [4.69, 9.17) is 4.98 Å². The number of thioether (sulfide) groups is 1. The maximum absolute atomic E-state index is 13.3. The van der Waals surface area contributed by atoms with E-state index in [1.807, 2.05) is 18.2 Å². The van der Waals surface area contributed by atoms with E-state index in [1.54, 1.807) is 36.3 Å². The summed E-state index contributed by atoms with van der Waals surface area (Å²) in [6.45, 7) is 0. The number of imidazole rings is 1. The molecule has 4 rings (SSSR count). The van der Waals surface area contributed by atoms with Crippen LogP contribution in [0.3, 0.4) is 0 Å². The Bertz CT molecular complexity index is 999. The van der Waals surface area contributed by atoms with Crippen LogP contribution in [-0.4, -0.2) is 20.7 Å². The number of hydrogen-bond acceptors (Lipinski definition) is 3. The molecule has 5 heteroatoms. The number of aromatic nitrogens is 3. The van der Waals surface area contributed by atoms with Crippen LogP contribution in [-0.2, 0) is 6.42 Å². The van der Waals surface area contributed by atoms with Gasteiger partial charge in [-0.3, -0.25) is 4.98 Å². The predicted octanol–water partition coefficient (Wildman–Crippen LogP) is 5.61. The highest BCUT2D eigenvalue weighted by Gasteiger charge is 2.14. The summed E-state index contributed by atoms with van der Waals surface area (Å²) in [6, 6.07) is 20.7. The first-order valence-electron chi connectivity index (χ1n) is 8.73. The summed E-state index contributed by atoms with van der Waals surface area (Å²) in [6.07, 6.45) is 4.49. The fraction of sp³-hybridized carbons (Fsp3) is 0.0909. The molecule has 0 aliphatic heterocycles. The Morgan fingerprint density at radius 1 is 0.852 bits per heavy atom. The SMILES string of the molecule is Fc1ccc(-c2nc(SCCc3ccccc3)[nH]c2-c2ccncc2)cc1. The van der Waals surface area contributed by atoms with Crippen LogP contribution in [0.2, 0.25) is 0 Å². The highest BCUT2D eigenvalue weighted by molar-refractivity contribution is 7.99. The van der Waals surface area contributed by atoms with E-state index < -0.39 is 0 Å². The molecule has 0 aliphatic carbocycles. The third-order valence-electron chi connectivity index (χ3n) is 4.24. The van der Waals surface area contributed by atoms with Crippen LogP contribution in [0, 0.1) is 5.82 Å². The van der Waals surface area contributed by atoms with Crippen LogP contribution < -0.4 is 0 Å². The molecule has 0 amide bonds. The van der Waals surface area contributed by atoms with Crippen molar-refractivity contribution in [2.45, 2.75) is 11.6 Å². The number of aromatic amines is 1. The van der Waals surface area contributed by atoms with Crippen LogP contribution in [0.15, 0.2) is 84.3 Å². The third kappa shape index (κ3) is 4.26. The van der Waals surface area contributed by atoms with Gasteiger partial charge in [0.25, 0.3) is 0 Å². The van der Waals surface area contributed by atoms with Crippen LogP contribution in [0.1, 0.15) is 5.56 Å². The zero-order chi connectivity index (χ0) is 18.5. The number of halogens is 1. The second-order valence-electron chi connectivity index (χ2n) is 6.09. The van der Waals surface area contributed by atoms with Crippen LogP contribution in [0.25, 0.3) is 22.5 Å². The minimum absolute atomic E-state index is 0.253. The standard InChI is InChI=1S/C22H18FN3S/c23-19-8-6-17(7-9-19)20-21(18-10-13-24-14-11-18)26-22(25-20)27-15-12-16-4-2-1-3-5-16/h1-11,13-14H,12,15H2,(H,25,26). The van der Waals surface area contributed by atoms with Crippen molar-refractivity contribution in [2.75, 3.05) is 5.75 Å². The lowest BCUT2D eigenvalue weighted by Gasteiger charge is -2.02. The van der Waals surface area contributed by atoms with Crippen molar-refractivity contribution in [1.29, 1.82) is 0 Å². The molecule has 0 saturated carbocycles. The molecule has 0 radical (unpaired) electrons. The average molecular weight is 375 g/mol. The van der Waals surface area contributed by atoms with Gasteiger partial charge < -0.3 is 4.98 Å². The Morgan fingerprint density at radius 3 is 2.33 bits per heavy atom. The largest absolute Gasteiger partial charge is 0.332 e. The Morgan fingerprint density at radius 2 is 1.59 bits per heavy atom. The molecule has 3 nitrogen and oxygen atoms in total. The lowest BCUT2D eigenvalue weighted by molar-refractivity contribution is 0.628. The molecule has 0 spiro atoms. The fourth-order valence-electron chi connectivity index (χ4n) is 2.87. The molecule has 0 unspecified atom stereocenters. The van der Waals surface area contributed by atoms with Crippen molar-refractivity contribution in [3.05, 3.63) is 90.5 Å². The molecule has 2 aromatic carbocycles. The topological polar surface area (TPSA) is 41.6 Å². The molecule has 0 bridgehead atoms. The second-order valence-corrected chi connectivity index (χ2v) is 7.18. The fourth-order valence-corrected chi connectivity index (χ4v) is 3.74. The lowest BCUT2D eigenvalue weighted by Crippen LogP contribution is -1.88. The van der Waals surface area contributed by atoms with E-state index in [-0.39, 0.29) is 5.82 Å². The quantitative estimate of drug-likeness (QED) is 0.445. The summed E-state index contributed by atoms with van der Waals surface area (Å²) in [5.41, 5.74) is 4.94. The Hall–Kier alpha value is -2.92. The normalized spacial score (nSPS) is 10.9. The first-order valence-corrected chi connectivity index (χ1v) is 9.71. The summed E-state index contributed by atoms with van der Waals surface area (Å²) < 4.78 is 13.3. The van der Waals surface area contributed by atoms with Crippen LogP contribution in [0.4, 0.5) is 4.39 Å². The average Bonchev–Trinajstić information content (AvgIpc) is 3.14. The molecule has 0 aliphatic rings. The highest BCUT2D eigenvalue weighted by atomic mass is 32.2. The van der Waals surface area contributed by atoms with Gasteiger partial charge >= 0.3 is 0 Å². The number of aryl methyl sites for hydroxylation is 1. The summed E-state index contributed by atoms with van der Waals surface area (Å²) >= 11 is 1.69. The lowest BCUT2D eigenvalue weighted by atomic mass is 10.1. The van der Waals surface area contributed by atoms with E-state index >= 15 is 0 Å². The molecule has 0 fully saturated rings. The van der Waals surface area contributed by atoms with Gasteiger partial charge in [0, 0.05) is 29.3 Å². The predicted molar refractivity (Wildman–Crippen MR) is 108 cm³/mol. The Kier molecular flexibility index (Phi) is 5.30. The van der Waals surface area contributed by atoms with Crippen molar-refractivity contribution >= 4 is 11.8 Å². The smallest absolute Gasteiger partial charge is 0.166 e. The van der Waals surface area contributed by atoms with Crippen molar-refractivity contribution in [1.82, 2.24) is 15.0 Å². The number of H-pyrrole nitrogens is 1. The van der Waals surface area contributed by atoms with E-state index in [0.717, 1.165) is 39.8 Å². The van der Waals surface area contributed by atoms with Crippen molar-refractivity contribution < 1.29 is 4.39 Å². The monoisotopic (exact) mass is 375 g/mol. The molecule has 1 N–H and O–H groups in total. The van der Waals surface area contributed by atoms with Gasteiger partial charge in [-0.05, 0) is 48.4 Å².